The predicted molar refractivity (Wildman–Crippen MR) is 71.2 cm³/mol. The third-order valence-corrected chi connectivity index (χ3v) is 3.54. The topological polar surface area (TPSA) is 28.2 Å². The van der Waals surface area contributed by atoms with Crippen LogP contribution in [0.4, 0.5) is 0 Å². The molecule has 4 heteroatoms. The summed E-state index contributed by atoms with van der Waals surface area (Å²) < 4.78 is 0. The molecule has 1 aromatic heterocycles. The Labute approximate surface area is 108 Å². The molecule has 2 heterocycles. The molecule has 0 saturated carbocycles. The van der Waals surface area contributed by atoms with Gasteiger partial charge in [-0.1, -0.05) is 24.1 Å². The van der Waals surface area contributed by atoms with Crippen molar-refractivity contribution in [3.63, 3.8) is 0 Å². The van der Waals surface area contributed by atoms with Gasteiger partial charge in [0.25, 0.3) is 0 Å². The van der Waals surface area contributed by atoms with Crippen LogP contribution in [0, 0.1) is 0 Å². The van der Waals surface area contributed by atoms with Crippen LogP contribution in [-0.2, 0) is 6.54 Å². The number of pyridine rings is 1. The molecule has 3 nitrogen and oxygen atoms in total. The van der Waals surface area contributed by atoms with Crippen molar-refractivity contribution in [2.24, 2.45) is 0 Å². The average molecular weight is 254 g/mol. The molecular weight excluding hydrogens is 234 g/mol. The molecule has 0 spiro atoms. The molecule has 94 valence electrons. The Bertz CT molecular complexity index is 354. The minimum atomic E-state index is 0.588. The fraction of sp³-hybridized carbons (Fsp3) is 0.615. The highest BCUT2D eigenvalue weighted by atomic mass is 35.5. The number of nitrogens with one attached hydrogen (secondary N) is 1. The molecule has 17 heavy (non-hydrogen) atoms. The van der Waals surface area contributed by atoms with E-state index in [1.165, 1.54) is 25.8 Å². The van der Waals surface area contributed by atoms with Gasteiger partial charge in [0, 0.05) is 19.1 Å². The number of piperidine rings is 1. The molecule has 1 atom stereocenters. The van der Waals surface area contributed by atoms with Gasteiger partial charge in [-0.2, -0.15) is 0 Å². The summed E-state index contributed by atoms with van der Waals surface area (Å²) in [5.41, 5.74) is 1.07. The summed E-state index contributed by atoms with van der Waals surface area (Å²) in [6, 6.07) is 6.49. The highest BCUT2D eigenvalue weighted by Gasteiger charge is 2.21. The molecule has 1 fully saturated rings. The maximum absolute atomic E-state index is 5.92. The number of aromatic nitrogens is 1. The van der Waals surface area contributed by atoms with Crippen molar-refractivity contribution in [3.8, 4) is 0 Å². The lowest BCUT2D eigenvalue weighted by atomic mass is 10.0. The molecule has 0 aliphatic carbocycles. The van der Waals surface area contributed by atoms with Gasteiger partial charge in [0.2, 0.25) is 0 Å². The van der Waals surface area contributed by atoms with Crippen LogP contribution in [0.1, 0.15) is 25.0 Å². The van der Waals surface area contributed by atoms with Gasteiger partial charge in [0.1, 0.15) is 5.15 Å². The first-order valence-electron chi connectivity index (χ1n) is 6.29. The summed E-state index contributed by atoms with van der Waals surface area (Å²) in [5.74, 6) is 0. The molecule has 1 saturated heterocycles. The Morgan fingerprint density at radius 2 is 2.35 bits per heavy atom. The summed E-state index contributed by atoms with van der Waals surface area (Å²) >= 11 is 5.92. The van der Waals surface area contributed by atoms with E-state index in [4.69, 9.17) is 11.6 Å². The fourth-order valence-corrected chi connectivity index (χ4v) is 2.66. The van der Waals surface area contributed by atoms with Gasteiger partial charge < -0.3 is 5.32 Å². The monoisotopic (exact) mass is 253 g/mol. The number of rotatable bonds is 4. The van der Waals surface area contributed by atoms with Crippen molar-refractivity contribution < 1.29 is 0 Å². The molecule has 1 aliphatic heterocycles. The number of likely N-dealkylation sites (N-methyl/N-ethyl adjacent to an activating group) is 1. The molecule has 0 bridgehead atoms. The van der Waals surface area contributed by atoms with Gasteiger partial charge in [-0.05, 0) is 38.6 Å². The zero-order valence-corrected chi connectivity index (χ0v) is 11.1. The largest absolute Gasteiger partial charge is 0.318 e. The standard InChI is InChI=1S/C13H20ClN3/c1-15-9-12-6-2-3-8-17(12)10-11-5-4-7-13(14)16-11/h4-5,7,12,15H,2-3,6,8-10H2,1H3. The van der Waals surface area contributed by atoms with Crippen molar-refractivity contribution >= 4 is 11.6 Å². The van der Waals surface area contributed by atoms with Gasteiger partial charge in [0.05, 0.1) is 5.69 Å². The van der Waals surface area contributed by atoms with E-state index in [-0.39, 0.29) is 0 Å². The third kappa shape index (κ3) is 3.66. The average Bonchev–Trinajstić information content (AvgIpc) is 2.32. The van der Waals surface area contributed by atoms with Crippen molar-refractivity contribution in [2.45, 2.75) is 31.8 Å². The second kappa shape index (κ2) is 6.34. The highest BCUT2D eigenvalue weighted by Crippen LogP contribution is 2.19. The van der Waals surface area contributed by atoms with Gasteiger partial charge >= 0.3 is 0 Å². The Hall–Kier alpha value is -0.640. The van der Waals surface area contributed by atoms with E-state index in [0.717, 1.165) is 18.8 Å². The van der Waals surface area contributed by atoms with Crippen LogP contribution < -0.4 is 5.32 Å². The van der Waals surface area contributed by atoms with Gasteiger partial charge in [-0.15, -0.1) is 0 Å². The summed E-state index contributed by atoms with van der Waals surface area (Å²) in [6.45, 7) is 3.13. The number of likely N-dealkylation sites (tertiary alicyclic amines) is 1. The van der Waals surface area contributed by atoms with Crippen LogP contribution in [0.2, 0.25) is 5.15 Å². The summed E-state index contributed by atoms with van der Waals surface area (Å²) in [6.07, 6.45) is 3.91. The highest BCUT2D eigenvalue weighted by molar-refractivity contribution is 6.29. The lowest BCUT2D eigenvalue weighted by Gasteiger charge is -2.35. The molecule has 0 amide bonds. The Kier molecular flexibility index (Phi) is 4.77. The maximum atomic E-state index is 5.92. The summed E-state index contributed by atoms with van der Waals surface area (Å²) in [4.78, 5) is 6.88. The lowest BCUT2D eigenvalue weighted by molar-refractivity contribution is 0.137. The van der Waals surface area contributed by atoms with E-state index in [9.17, 15) is 0 Å². The molecule has 0 aromatic carbocycles. The SMILES string of the molecule is CNCC1CCCCN1Cc1cccc(Cl)n1. The molecule has 1 N–H and O–H groups in total. The predicted octanol–water partition coefficient (Wildman–Crippen LogP) is 2.31. The van der Waals surface area contributed by atoms with Crippen LogP contribution in [0.15, 0.2) is 18.2 Å². The van der Waals surface area contributed by atoms with Crippen molar-refractivity contribution in [3.05, 3.63) is 29.0 Å². The van der Waals surface area contributed by atoms with E-state index in [1.54, 1.807) is 0 Å². The van der Waals surface area contributed by atoms with Crippen molar-refractivity contribution in [2.75, 3.05) is 20.1 Å². The molecule has 1 aliphatic rings. The second-order valence-corrected chi connectivity index (χ2v) is 5.02. The van der Waals surface area contributed by atoms with Gasteiger partial charge in [0.15, 0.2) is 0 Å². The van der Waals surface area contributed by atoms with E-state index in [0.29, 0.717) is 11.2 Å². The van der Waals surface area contributed by atoms with Crippen LogP contribution in [0.25, 0.3) is 0 Å². The molecule has 0 radical (unpaired) electrons. The van der Waals surface area contributed by atoms with Crippen molar-refractivity contribution in [1.82, 2.24) is 15.2 Å². The summed E-state index contributed by atoms with van der Waals surface area (Å²) in [5, 5.41) is 3.86. The van der Waals surface area contributed by atoms with E-state index in [2.05, 4.69) is 21.3 Å². The van der Waals surface area contributed by atoms with Crippen molar-refractivity contribution in [1.29, 1.82) is 0 Å². The van der Waals surface area contributed by atoms with Crippen LogP contribution >= 0.6 is 11.6 Å². The first-order valence-corrected chi connectivity index (χ1v) is 6.67. The maximum Gasteiger partial charge on any atom is 0.129 e. The minimum Gasteiger partial charge on any atom is -0.318 e. The zero-order chi connectivity index (χ0) is 12.1. The number of hydrogen-bond acceptors (Lipinski definition) is 3. The first-order chi connectivity index (χ1) is 8.29. The Morgan fingerprint density at radius 1 is 1.47 bits per heavy atom. The van der Waals surface area contributed by atoms with Gasteiger partial charge in [-0.3, -0.25) is 4.90 Å². The lowest BCUT2D eigenvalue weighted by Crippen LogP contribution is -2.44. The number of nitrogens with zero attached hydrogens (tertiary/aromatic N) is 2. The number of hydrogen-bond donors (Lipinski definition) is 1. The smallest absolute Gasteiger partial charge is 0.129 e. The second-order valence-electron chi connectivity index (χ2n) is 4.63. The normalized spacial score (nSPS) is 21.6. The summed E-state index contributed by atoms with van der Waals surface area (Å²) in [7, 11) is 2.02. The van der Waals surface area contributed by atoms with E-state index in [1.807, 2.05) is 19.2 Å². The molecular formula is C13H20ClN3. The Morgan fingerprint density at radius 3 is 3.12 bits per heavy atom. The van der Waals surface area contributed by atoms with Crippen LogP contribution in [-0.4, -0.2) is 36.1 Å². The van der Waals surface area contributed by atoms with Gasteiger partial charge in [-0.25, -0.2) is 4.98 Å². The number of halogens is 1. The van der Waals surface area contributed by atoms with E-state index >= 15 is 0 Å². The first kappa shape index (κ1) is 12.8. The Balaban J connectivity index is 2.00. The van der Waals surface area contributed by atoms with E-state index < -0.39 is 0 Å². The molecule has 1 unspecified atom stereocenters. The third-order valence-electron chi connectivity index (χ3n) is 3.33. The molecule has 2 rings (SSSR count). The molecule has 1 aromatic rings. The van der Waals surface area contributed by atoms with Crippen LogP contribution in [0.5, 0.6) is 0 Å². The van der Waals surface area contributed by atoms with Crippen LogP contribution in [0.3, 0.4) is 0 Å². The fourth-order valence-electron chi connectivity index (χ4n) is 2.48. The minimum absolute atomic E-state index is 0.588. The quantitative estimate of drug-likeness (QED) is 0.835. The zero-order valence-electron chi connectivity index (χ0n) is 10.3.